The molecule has 4 aromatic rings. The Balaban J connectivity index is 1.41. The van der Waals surface area contributed by atoms with Crippen LogP contribution in [0.4, 0.5) is 0 Å². The van der Waals surface area contributed by atoms with E-state index in [0.29, 0.717) is 24.4 Å². The predicted molar refractivity (Wildman–Crippen MR) is 130 cm³/mol. The molecule has 1 amide bonds. The summed E-state index contributed by atoms with van der Waals surface area (Å²) in [6, 6.07) is 18.0. The molecule has 2 aromatic carbocycles. The number of benzene rings is 2. The first-order chi connectivity index (χ1) is 15.9. The summed E-state index contributed by atoms with van der Waals surface area (Å²) < 4.78 is 7.26. The molecule has 0 saturated carbocycles. The van der Waals surface area contributed by atoms with Crippen LogP contribution in [0.15, 0.2) is 64.0 Å². The maximum Gasteiger partial charge on any atom is 0.252 e. The zero-order valence-corrected chi connectivity index (χ0v) is 20.2. The molecular formula is C26H28N4O2S. The molecule has 0 aliphatic rings. The molecule has 0 spiro atoms. The van der Waals surface area contributed by atoms with E-state index < -0.39 is 0 Å². The summed E-state index contributed by atoms with van der Waals surface area (Å²) in [5, 5.41) is 11.6. The summed E-state index contributed by atoms with van der Waals surface area (Å²) in [5.41, 5.74) is 7.01. The molecule has 170 valence electrons. The highest BCUT2D eigenvalue weighted by atomic mass is 32.2. The van der Waals surface area contributed by atoms with E-state index >= 15 is 0 Å². The maximum atomic E-state index is 13.0. The third kappa shape index (κ3) is 5.54. The largest absolute Gasteiger partial charge is 0.361 e. The number of nitrogens with zero attached hydrogens (tertiary/aromatic N) is 3. The molecular weight excluding hydrogens is 432 g/mol. The van der Waals surface area contributed by atoms with Crippen LogP contribution in [-0.2, 0) is 18.8 Å². The van der Waals surface area contributed by atoms with Crippen LogP contribution in [0, 0.1) is 27.7 Å². The summed E-state index contributed by atoms with van der Waals surface area (Å²) >= 11 is 1.62. The summed E-state index contributed by atoms with van der Waals surface area (Å²) in [4.78, 5) is 13.9. The van der Waals surface area contributed by atoms with E-state index in [4.69, 9.17) is 4.52 Å². The van der Waals surface area contributed by atoms with Crippen molar-refractivity contribution in [3.63, 3.8) is 0 Å². The lowest BCUT2D eigenvalue weighted by Gasteiger charge is -2.11. The van der Waals surface area contributed by atoms with E-state index in [1.165, 1.54) is 0 Å². The molecule has 0 aliphatic heterocycles. The number of carbonyl (C=O) groups is 1. The molecule has 0 fully saturated rings. The highest BCUT2D eigenvalue weighted by Crippen LogP contribution is 2.28. The molecule has 1 N–H and O–H groups in total. The number of amides is 1. The van der Waals surface area contributed by atoms with Crippen molar-refractivity contribution in [3.05, 3.63) is 99.7 Å². The smallest absolute Gasteiger partial charge is 0.252 e. The highest BCUT2D eigenvalue weighted by Gasteiger charge is 2.14. The Hall–Kier alpha value is -3.32. The Bertz CT molecular complexity index is 1260. The van der Waals surface area contributed by atoms with Gasteiger partial charge in [-0.15, -0.1) is 11.8 Å². The molecule has 2 aromatic heterocycles. The van der Waals surface area contributed by atoms with Crippen molar-refractivity contribution in [1.82, 2.24) is 20.3 Å². The molecule has 0 radical (unpaired) electrons. The molecule has 0 atom stereocenters. The van der Waals surface area contributed by atoms with Crippen molar-refractivity contribution in [1.29, 1.82) is 0 Å². The topological polar surface area (TPSA) is 73.0 Å². The van der Waals surface area contributed by atoms with Crippen LogP contribution in [0.5, 0.6) is 0 Å². The van der Waals surface area contributed by atoms with Crippen LogP contribution in [-0.4, -0.2) is 20.8 Å². The number of rotatable bonds is 8. The highest BCUT2D eigenvalue weighted by molar-refractivity contribution is 7.98. The van der Waals surface area contributed by atoms with Gasteiger partial charge in [0.25, 0.3) is 5.91 Å². The molecule has 7 heteroatoms. The molecule has 0 saturated heterocycles. The van der Waals surface area contributed by atoms with E-state index in [9.17, 15) is 4.79 Å². The van der Waals surface area contributed by atoms with Gasteiger partial charge in [0.2, 0.25) is 0 Å². The number of hydrogen-bond acceptors (Lipinski definition) is 5. The lowest BCUT2D eigenvalue weighted by molar-refractivity contribution is 0.0948. The van der Waals surface area contributed by atoms with Gasteiger partial charge in [-0.3, -0.25) is 9.48 Å². The quantitative estimate of drug-likeness (QED) is 0.358. The lowest BCUT2D eigenvalue weighted by Crippen LogP contribution is -2.23. The van der Waals surface area contributed by atoms with E-state index in [0.717, 1.165) is 44.4 Å². The van der Waals surface area contributed by atoms with Gasteiger partial charge in [-0.1, -0.05) is 41.6 Å². The second kappa shape index (κ2) is 10.1. The van der Waals surface area contributed by atoms with Gasteiger partial charge in [0.15, 0.2) is 0 Å². The second-order valence-electron chi connectivity index (χ2n) is 8.17. The first kappa shape index (κ1) is 22.9. The van der Waals surface area contributed by atoms with E-state index in [1.54, 1.807) is 11.8 Å². The monoisotopic (exact) mass is 460 g/mol. The molecule has 2 heterocycles. The minimum atomic E-state index is -0.0826. The summed E-state index contributed by atoms with van der Waals surface area (Å²) in [5.74, 6) is 1.45. The first-order valence-corrected chi connectivity index (χ1v) is 11.9. The number of nitrogens with one attached hydrogen (secondary N) is 1. The van der Waals surface area contributed by atoms with Gasteiger partial charge >= 0.3 is 0 Å². The van der Waals surface area contributed by atoms with E-state index in [1.807, 2.05) is 61.9 Å². The molecule has 33 heavy (non-hydrogen) atoms. The van der Waals surface area contributed by atoms with E-state index in [-0.39, 0.29) is 5.91 Å². The summed E-state index contributed by atoms with van der Waals surface area (Å²) in [6.45, 7) is 9.09. The number of carbonyl (C=O) groups excluding carboxylic acids is 1. The Morgan fingerprint density at radius 2 is 1.82 bits per heavy atom. The Kier molecular flexibility index (Phi) is 6.99. The standard InChI is InChI=1S/C26H28N4O2S/c1-17-12-18(2)30(28-17)15-22-9-7-8-21(13-22)14-27-26(31)23-10-5-6-11-25(23)33-16-24-19(3)29-32-20(24)4/h5-13H,14-16H2,1-4H3,(H,27,31). The Labute approximate surface area is 198 Å². The van der Waals surface area contributed by atoms with E-state index in [2.05, 4.69) is 40.7 Å². The predicted octanol–water partition coefficient (Wildman–Crippen LogP) is 5.38. The van der Waals surface area contributed by atoms with Crippen LogP contribution in [0.3, 0.4) is 0 Å². The SMILES string of the molecule is Cc1cc(C)n(Cc2cccc(CNC(=O)c3ccccc3SCc3c(C)noc3C)c2)n1. The average Bonchev–Trinajstić information content (AvgIpc) is 3.30. The maximum absolute atomic E-state index is 13.0. The van der Waals surface area contributed by atoms with Crippen LogP contribution in [0.2, 0.25) is 0 Å². The van der Waals surface area contributed by atoms with Crippen LogP contribution in [0.25, 0.3) is 0 Å². The molecule has 0 unspecified atom stereocenters. The summed E-state index contributed by atoms with van der Waals surface area (Å²) in [6.07, 6.45) is 0. The summed E-state index contributed by atoms with van der Waals surface area (Å²) in [7, 11) is 0. The van der Waals surface area contributed by atoms with Crippen LogP contribution >= 0.6 is 11.8 Å². The first-order valence-electron chi connectivity index (χ1n) is 10.9. The third-order valence-corrected chi connectivity index (χ3v) is 6.67. The van der Waals surface area contributed by atoms with Gasteiger partial charge < -0.3 is 9.84 Å². The third-order valence-electron chi connectivity index (χ3n) is 5.57. The van der Waals surface area contributed by atoms with Crippen molar-refractivity contribution < 1.29 is 9.32 Å². The number of hydrogen-bond donors (Lipinski definition) is 1. The molecule has 0 aliphatic carbocycles. The van der Waals surface area contributed by atoms with Crippen molar-refractivity contribution >= 4 is 17.7 Å². The fourth-order valence-corrected chi connectivity index (χ4v) is 4.96. The van der Waals surface area contributed by atoms with Gasteiger partial charge in [-0.05, 0) is 57.0 Å². The Morgan fingerprint density at radius 3 is 2.55 bits per heavy atom. The molecule has 0 bridgehead atoms. The van der Waals surface area contributed by atoms with Gasteiger partial charge in [0, 0.05) is 28.5 Å². The zero-order chi connectivity index (χ0) is 23.4. The van der Waals surface area contributed by atoms with Gasteiger partial charge in [0.1, 0.15) is 5.76 Å². The lowest BCUT2D eigenvalue weighted by atomic mass is 10.1. The zero-order valence-electron chi connectivity index (χ0n) is 19.4. The van der Waals surface area contributed by atoms with Crippen LogP contribution in [0.1, 0.15) is 49.9 Å². The van der Waals surface area contributed by atoms with Gasteiger partial charge in [0.05, 0.1) is 23.5 Å². The average molecular weight is 461 g/mol. The Morgan fingerprint density at radius 1 is 1.03 bits per heavy atom. The fourth-order valence-electron chi connectivity index (χ4n) is 3.76. The van der Waals surface area contributed by atoms with Crippen LogP contribution < -0.4 is 5.32 Å². The number of aromatic nitrogens is 3. The minimum Gasteiger partial charge on any atom is -0.361 e. The van der Waals surface area contributed by atoms with Crippen molar-refractivity contribution in [2.75, 3.05) is 0 Å². The van der Waals surface area contributed by atoms with Crippen molar-refractivity contribution in [3.8, 4) is 0 Å². The normalized spacial score (nSPS) is 11.0. The second-order valence-corrected chi connectivity index (χ2v) is 9.19. The molecule has 4 rings (SSSR count). The number of thioether (sulfide) groups is 1. The van der Waals surface area contributed by atoms with Crippen molar-refractivity contribution in [2.24, 2.45) is 0 Å². The molecule has 6 nitrogen and oxygen atoms in total. The van der Waals surface area contributed by atoms with Crippen molar-refractivity contribution in [2.45, 2.75) is 51.4 Å². The van der Waals surface area contributed by atoms with Gasteiger partial charge in [-0.2, -0.15) is 5.10 Å². The minimum absolute atomic E-state index is 0.0826. The number of aryl methyl sites for hydroxylation is 4. The van der Waals surface area contributed by atoms with Gasteiger partial charge in [-0.25, -0.2) is 0 Å². The fraction of sp³-hybridized carbons (Fsp3) is 0.269.